The van der Waals surface area contributed by atoms with Crippen LogP contribution in [0.1, 0.15) is 11.3 Å². The smallest absolute Gasteiger partial charge is 0.244 e. The first-order valence-electron chi connectivity index (χ1n) is 8.44. The fourth-order valence-electron chi connectivity index (χ4n) is 2.44. The highest BCUT2D eigenvalue weighted by molar-refractivity contribution is 7.80. The lowest BCUT2D eigenvalue weighted by atomic mass is 10.2. The number of nitrogens with zero attached hydrogens (tertiary/aromatic N) is 2. The molecule has 1 aliphatic heterocycles. The Kier molecular flexibility index (Phi) is 6.91. The van der Waals surface area contributed by atoms with E-state index in [1.54, 1.807) is 12.1 Å². The van der Waals surface area contributed by atoms with Gasteiger partial charge in [0.05, 0.1) is 25.3 Å². The number of aromatic nitrogens is 1. The molecular weight excluding hydrogens is 389 g/mol. The molecule has 3 rings (SSSR count). The minimum atomic E-state index is -0.287. The van der Waals surface area contributed by atoms with Gasteiger partial charge in [0, 0.05) is 25.0 Å². The normalized spacial score (nSPS) is 13.9. The van der Waals surface area contributed by atoms with Crippen molar-refractivity contribution in [2.75, 3.05) is 31.2 Å². The summed E-state index contributed by atoms with van der Waals surface area (Å²) in [4.78, 5) is 18.7. The van der Waals surface area contributed by atoms with Crippen LogP contribution in [0.25, 0.3) is 0 Å². The zero-order valence-corrected chi connectivity index (χ0v) is 16.2. The van der Waals surface area contributed by atoms with Gasteiger partial charge in [0.25, 0.3) is 0 Å². The van der Waals surface area contributed by atoms with E-state index < -0.39 is 0 Å². The number of hydrazine groups is 1. The van der Waals surface area contributed by atoms with Crippen LogP contribution in [0.2, 0.25) is 0 Å². The Labute approximate surface area is 165 Å². The van der Waals surface area contributed by atoms with Crippen LogP contribution in [-0.2, 0) is 22.5 Å². The molecule has 0 spiro atoms. The molecule has 7 nitrogen and oxygen atoms in total. The monoisotopic (exact) mass is 409 g/mol. The zero-order valence-electron chi connectivity index (χ0n) is 14.5. The van der Waals surface area contributed by atoms with E-state index in [2.05, 4.69) is 26.1 Å². The molecule has 0 unspecified atom stereocenters. The Morgan fingerprint density at radius 1 is 1.26 bits per heavy atom. The van der Waals surface area contributed by atoms with Crippen LogP contribution < -0.4 is 21.1 Å². The number of thiazole rings is 1. The predicted octanol–water partition coefficient (Wildman–Crippen LogP) is 1.36. The molecule has 144 valence electrons. The summed E-state index contributed by atoms with van der Waals surface area (Å²) in [5, 5.41) is 6.01. The maximum Gasteiger partial charge on any atom is 0.244 e. The van der Waals surface area contributed by atoms with Crippen LogP contribution in [0, 0.1) is 5.82 Å². The molecule has 0 atom stereocenters. The SMILES string of the molecule is O=C(Cc1csc(N2CCOCC2)n1)NNC(=S)NCc1ccc(F)cc1. The largest absolute Gasteiger partial charge is 0.378 e. The Bertz CT molecular complexity index is 778. The number of carbonyl (C=O) groups excluding carboxylic acids is 1. The number of hydrogen-bond donors (Lipinski definition) is 3. The van der Waals surface area contributed by atoms with Gasteiger partial charge in [-0.05, 0) is 29.9 Å². The van der Waals surface area contributed by atoms with Crippen molar-refractivity contribution in [1.29, 1.82) is 0 Å². The van der Waals surface area contributed by atoms with E-state index in [4.69, 9.17) is 17.0 Å². The number of hydrogen-bond acceptors (Lipinski definition) is 6. The summed E-state index contributed by atoms with van der Waals surface area (Å²) in [6.07, 6.45) is 0.161. The fourth-order valence-corrected chi connectivity index (χ4v) is 3.44. The molecule has 2 aromatic rings. The Morgan fingerprint density at radius 3 is 2.74 bits per heavy atom. The first kappa shape index (κ1) is 19.5. The van der Waals surface area contributed by atoms with Gasteiger partial charge in [0.2, 0.25) is 5.91 Å². The standard InChI is InChI=1S/C17H20FN5O2S2/c18-13-3-1-12(2-4-13)10-19-16(26)22-21-15(24)9-14-11-27-17(20-14)23-5-7-25-8-6-23/h1-4,11H,5-10H2,(H,21,24)(H2,19,22,26). The van der Waals surface area contributed by atoms with Crippen LogP contribution in [0.5, 0.6) is 0 Å². The number of thiocarbonyl (C=S) groups is 1. The van der Waals surface area contributed by atoms with E-state index in [9.17, 15) is 9.18 Å². The van der Waals surface area contributed by atoms with E-state index in [0.29, 0.717) is 25.5 Å². The topological polar surface area (TPSA) is 78.5 Å². The lowest BCUT2D eigenvalue weighted by Crippen LogP contribution is -2.47. The minimum Gasteiger partial charge on any atom is -0.378 e. The van der Waals surface area contributed by atoms with Crippen molar-refractivity contribution in [3.8, 4) is 0 Å². The molecule has 1 aromatic heterocycles. The maximum atomic E-state index is 12.9. The lowest BCUT2D eigenvalue weighted by molar-refractivity contribution is -0.121. The second-order valence-electron chi connectivity index (χ2n) is 5.88. The quantitative estimate of drug-likeness (QED) is 0.508. The average Bonchev–Trinajstić information content (AvgIpc) is 3.15. The summed E-state index contributed by atoms with van der Waals surface area (Å²) in [5.41, 5.74) is 6.79. The van der Waals surface area contributed by atoms with Crippen LogP contribution in [0.3, 0.4) is 0 Å². The number of benzene rings is 1. The number of rotatable bonds is 5. The van der Waals surface area contributed by atoms with Gasteiger partial charge in [-0.25, -0.2) is 9.37 Å². The van der Waals surface area contributed by atoms with E-state index in [1.807, 2.05) is 5.38 Å². The van der Waals surface area contributed by atoms with Gasteiger partial charge in [0.15, 0.2) is 10.2 Å². The van der Waals surface area contributed by atoms with Crippen molar-refractivity contribution in [2.45, 2.75) is 13.0 Å². The van der Waals surface area contributed by atoms with Gasteiger partial charge >= 0.3 is 0 Å². The third-order valence-electron chi connectivity index (χ3n) is 3.84. The molecule has 0 saturated carbocycles. The van der Waals surface area contributed by atoms with Gasteiger partial charge in [-0.15, -0.1) is 11.3 Å². The molecule has 10 heteroatoms. The Balaban J connectivity index is 1.38. The van der Waals surface area contributed by atoms with Crippen molar-refractivity contribution in [3.63, 3.8) is 0 Å². The summed E-state index contributed by atoms with van der Waals surface area (Å²) in [6, 6.07) is 6.10. The van der Waals surface area contributed by atoms with Gasteiger partial charge in [-0.2, -0.15) is 0 Å². The number of halogens is 1. The molecule has 2 heterocycles. The molecule has 0 aliphatic carbocycles. The molecule has 1 aromatic carbocycles. The van der Waals surface area contributed by atoms with Crippen molar-refractivity contribution >= 4 is 39.7 Å². The number of carbonyl (C=O) groups is 1. The molecule has 3 N–H and O–H groups in total. The van der Waals surface area contributed by atoms with E-state index in [0.717, 1.165) is 23.8 Å². The number of amides is 1. The third kappa shape index (κ3) is 6.12. The van der Waals surface area contributed by atoms with Crippen LogP contribution in [-0.4, -0.2) is 42.3 Å². The van der Waals surface area contributed by atoms with Gasteiger partial charge in [-0.3, -0.25) is 15.6 Å². The first-order valence-corrected chi connectivity index (χ1v) is 9.73. The van der Waals surface area contributed by atoms with E-state index >= 15 is 0 Å². The molecule has 0 radical (unpaired) electrons. The van der Waals surface area contributed by atoms with Crippen molar-refractivity contribution in [2.24, 2.45) is 0 Å². The second-order valence-corrected chi connectivity index (χ2v) is 7.12. The van der Waals surface area contributed by atoms with Crippen LogP contribution >= 0.6 is 23.6 Å². The van der Waals surface area contributed by atoms with Gasteiger partial charge in [0.1, 0.15) is 5.82 Å². The maximum absolute atomic E-state index is 12.9. The zero-order chi connectivity index (χ0) is 19.1. The van der Waals surface area contributed by atoms with Crippen molar-refractivity contribution < 1.29 is 13.9 Å². The minimum absolute atomic E-state index is 0.161. The Hall–Kier alpha value is -2.30. The first-order chi connectivity index (χ1) is 13.1. The highest BCUT2D eigenvalue weighted by Gasteiger charge is 2.15. The fraction of sp³-hybridized carbons (Fsp3) is 0.353. The third-order valence-corrected chi connectivity index (χ3v) is 5.04. The number of anilines is 1. The molecule has 27 heavy (non-hydrogen) atoms. The summed E-state index contributed by atoms with van der Waals surface area (Å²) in [7, 11) is 0. The molecule has 1 amide bonds. The van der Waals surface area contributed by atoms with E-state index in [-0.39, 0.29) is 23.3 Å². The van der Waals surface area contributed by atoms with Gasteiger partial charge in [-0.1, -0.05) is 12.1 Å². The predicted molar refractivity (Wildman–Crippen MR) is 106 cm³/mol. The number of morpholine rings is 1. The highest BCUT2D eigenvalue weighted by Crippen LogP contribution is 2.21. The average molecular weight is 410 g/mol. The summed E-state index contributed by atoms with van der Waals surface area (Å²) < 4.78 is 18.2. The molecule has 1 aliphatic rings. The highest BCUT2D eigenvalue weighted by atomic mass is 32.1. The van der Waals surface area contributed by atoms with E-state index in [1.165, 1.54) is 23.5 Å². The van der Waals surface area contributed by atoms with Crippen molar-refractivity contribution in [1.82, 2.24) is 21.2 Å². The molecule has 0 bridgehead atoms. The van der Waals surface area contributed by atoms with Crippen molar-refractivity contribution in [3.05, 3.63) is 46.7 Å². The number of nitrogens with one attached hydrogen (secondary N) is 3. The Morgan fingerprint density at radius 2 is 2.00 bits per heavy atom. The summed E-state index contributed by atoms with van der Waals surface area (Å²) >= 11 is 6.63. The molecular formula is C17H20FN5O2S2. The molecule has 1 saturated heterocycles. The van der Waals surface area contributed by atoms with Crippen LogP contribution in [0.4, 0.5) is 9.52 Å². The van der Waals surface area contributed by atoms with Crippen LogP contribution in [0.15, 0.2) is 29.6 Å². The number of ether oxygens (including phenoxy) is 1. The lowest BCUT2D eigenvalue weighted by Gasteiger charge is -2.26. The second kappa shape index (κ2) is 9.58. The summed E-state index contributed by atoms with van der Waals surface area (Å²) in [6.45, 7) is 3.45. The summed E-state index contributed by atoms with van der Waals surface area (Å²) in [5.74, 6) is -0.523. The van der Waals surface area contributed by atoms with Gasteiger partial charge < -0.3 is 15.0 Å². The molecule has 1 fully saturated rings.